The molecule has 118 valence electrons. The van der Waals surface area contributed by atoms with Crippen LogP contribution in [-0.4, -0.2) is 11.4 Å². The summed E-state index contributed by atoms with van der Waals surface area (Å²) in [5, 5.41) is 14.4. The van der Waals surface area contributed by atoms with Crippen LogP contribution >= 0.6 is 0 Å². The number of hydrogen-bond acceptors (Lipinski definition) is 2. The van der Waals surface area contributed by atoms with Crippen molar-refractivity contribution in [1.82, 2.24) is 0 Å². The van der Waals surface area contributed by atoms with Gasteiger partial charge < -0.3 is 9.84 Å². The fraction of sp³-hybridized carbons (Fsp3) is 0.0909. The van der Waals surface area contributed by atoms with Crippen molar-refractivity contribution in [2.24, 2.45) is 0 Å². The Bertz CT molecular complexity index is 1010. The average molecular weight is 314 g/mol. The quantitative estimate of drug-likeness (QED) is 0.515. The molecule has 0 saturated heterocycles. The number of ether oxygens (including phenoxy) is 1. The van der Waals surface area contributed by atoms with Gasteiger partial charge >= 0.3 is 0 Å². The number of aliphatic hydroxyl groups excluding tert-OH is 1. The normalized spacial score (nSPS) is 12.4. The van der Waals surface area contributed by atoms with Gasteiger partial charge in [-0.3, -0.25) is 0 Å². The minimum Gasteiger partial charge on any atom is -0.465 e. The van der Waals surface area contributed by atoms with Gasteiger partial charge in [0.25, 0.3) is 0 Å². The van der Waals surface area contributed by atoms with E-state index >= 15 is 0 Å². The lowest BCUT2D eigenvalue weighted by molar-refractivity contribution is 0.000238. The summed E-state index contributed by atoms with van der Waals surface area (Å²) in [5.74, 6) is 0.694. The summed E-state index contributed by atoms with van der Waals surface area (Å²) in [5.41, 5.74) is 2.13. The van der Waals surface area contributed by atoms with Gasteiger partial charge in [0.05, 0.1) is 0 Å². The molecule has 2 nitrogen and oxygen atoms in total. The van der Waals surface area contributed by atoms with Gasteiger partial charge in [0.1, 0.15) is 5.75 Å². The highest BCUT2D eigenvalue weighted by atomic mass is 16.6. The topological polar surface area (TPSA) is 29.5 Å². The van der Waals surface area contributed by atoms with E-state index in [2.05, 4.69) is 42.5 Å². The first-order valence-electron chi connectivity index (χ1n) is 8.08. The van der Waals surface area contributed by atoms with Gasteiger partial charge in [-0.05, 0) is 40.1 Å². The van der Waals surface area contributed by atoms with Crippen LogP contribution in [0.3, 0.4) is 0 Å². The molecule has 0 saturated carbocycles. The van der Waals surface area contributed by atoms with Crippen LogP contribution < -0.4 is 4.74 Å². The fourth-order valence-corrected chi connectivity index (χ4v) is 3.25. The molecular weight excluding hydrogens is 296 g/mol. The number of rotatable bonds is 3. The van der Waals surface area contributed by atoms with E-state index < -0.39 is 6.29 Å². The summed E-state index contributed by atoms with van der Waals surface area (Å²) in [7, 11) is 0. The van der Waals surface area contributed by atoms with Gasteiger partial charge in [0, 0.05) is 5.56 Å². The first-order valence-corrected chi connectivity index (χ1v) is 8.08. The first-order chi connectivity index (χ1) is 11.7. The molecule has 1 N–H and O–H groups in total. The summed E-state index contributed by atoms with van der Waals surface area (Å²) < 4.78 is 5.71. The predicted octanol–water partition coefficient (Wildman–Crippen LogP) is 5.38. The Balaban J connectivity index is 2.10. The molecule has 0 radical (unpaired) electrons. The summed E-state index contributed by atoms with van der Waals surface area (Å²) in [6.45, 7) is 1.63. The predicted molar refractivity (Wildman–Crippen MR) is 99.2 cm³/mol. The van der Waals surface area contributed by atoms with Crippen molar-refractivity contribution < 1.29 is 9.84 Å². The Kier molecular flexibility index (Phi) is 3.68. The van der Waals surface area contributed by atoms with Crippen molar-refractivity contribution >= 4 is 21.5 Å². The van der Waals surface area contributed by atoms with E-state index in [1.165, 1.54) is 10.8 Å². The molecule has 0 aromatic heterocycles. The van der Waals surface area contributed by atoms with Gasteiger partial charge in [0.15, 0.2) is 6.29 Å². The zero-order chi connectivity index (χ0) is 16.5. The third kappa shape index (κ3) is 2.51. The molecule has 4 aromatic rings. The largest absolute Gasteiger partial charge is 0.465 e. The Morgan fingerprint density at radius 1 is 0.708 bits per heavy atom. The highest BCUT2D eigenvalue weighted by Crippen LogP contribution is 2.40. The highest BCUT2D eigenvalue weighted by molar-refractivity contribution is 6.07. The van der Waals surface area contributed by atoms with Crippen LogP contribution in [0.2, 0.25) is 0 Å². The van der Waals surface area contributed by atoms with Crippen LogP contribution in [0.5, 0.6) is 5.75 Å². The molecular formula is C22H18O2. The number of hydrogen-bond donors (Lipinski definition) is 1. The van der Waals surface area contributed by atoms with Crippen molar-refractivity contribution in [1.29, 1.82) is 0 Å². The maximum Gasteiger partial charge on any atom is 0.194 e. The Hall–Kier alpha value is -2.84. The Morgan fingerprint density at radius 3 is 2.08 bits per heavy atom. The molecule has 4 rings (SSSR count). The van der Waals surface area contributed by atoms with E-state index in [1.54, 1.807) is 6.92 Å². The van der Waals surface area contributed by atoms with E-state index in [-0.39, 0.29) is 0 Å². The standard InChI is InChI=1S/C22H18O2/c1-15(23)24-21-14-13-17-8-3-5-11-19(17)22(21)20-12-6-9-16-7-2-4-10-18(16)20/h2-15,23H,1H3. The molecule has 1 unspecified atom stereocenters. The van der Waals surface area contributed by atoms with Gasteiger partial charge in [-0.1, -0.05) is 72.8 Å². The lowest BCUT2D eigenvalue weighted by Gasteiger charge is -2.17. The maximum absolute atomic E-state index is 9.74. The van der Waals surface area contributed by atoms with Crippen LogP contribution in [-0.2, 0) is 0 Å². The summed E-state index contributed by atoms with van der Waals surface area (Å²) in [4.78, 5) is 0. The van der Waals surface area contributed by atoms with Crippen molar-refractivity contribution in [2.75, 3.05) is 0 Å². The van der Waals surface area contributed by atoms with Gasteiger partial charge in [-0.15, -0.1) is 0 Å². The molecule has 0 aliphatic heterocycles. The maximum atomic E-state index is 9.74. The molecule has 1 atom stereocenters. The van der Waals surface area contributed by atoms with Crippen molar-refractivity contribution in [3.05, 3.63) is 78.9 Å². The van der Waals surface area contributed by atoms with Gasteiger partial charge in [-0.2, -0.15) is 0 Å². The van der Waals surface area contributed by atoms with Crippen LogP contribution in [0.4, 0.5) is 0 Å². The molecule has 0 aliphatic rings. The Labute approximate surface area is 140 Å². The van der Waals surface area contributed by atoms with E-state index in [0.29, 0.717) is 5.75 Å². The number of fused-ring (bicyclic) bond motifs is 2. The molecule has 0 amide bonds. The third-order valence-corrected chi connectivity index (χ3v) is 4.25. The van der Waals surface area contributed by atoms with Crippen molar-refractivity contribution in [3.63, 3.8) is 0 Å². The average Bonchev–Trinajstić information content (AvgIpc) is 2.61. The number of aliphatic hydroxyl groups is 1. The zero-order valence-electron chi connectivity index (χ0n) is 13.4. The van der Waals surface area contributed by atoms with E-state index in [0.717, 1.165) is 21.9 Å². The molecule has 0 heterocycles. The van der Waals surface area contributed by atoms with E-state index in [1.807, 2.05) is 36.4 Å². The van der Waals surface area contributed by atoms with E-state index in [9.17, 15) is 5.11 Å². The minimum atomic E-state index is -0.861. The molecule has 4 aromatic carbocycles. The first kappa shape index (κ1) is 14.7. The fourth-order valence-electron chi connectivity index (χ4n) is 3.25. The molecule has 0 aliphatic carbocycles. The number of benzene rings is 4. The van der Waals surface area contributed by atoms with Gasteiger partial charge in [-0.25, -0.2) is 0 Å². The van der Waals surface area contributed by atoms with Crippen LogP contribution in [0.25, 0.3) is 32.7 Å². The SMILES string of the molecule is CC(O)Oc1ccc2ccccc2c1-c1cccc2ccccc12. The second-order valence-corrected chi connectivity index (χ2v) is 5.90. The smallest absolute Gasteiger partial charge is 0.194 e. The van der Waals surface area contributed by atoms with E-state index in [4.69, 9.17) is 4.74 Å². The molecule has 0 bridgehead atoms. The van der Waals surface area contributed by atoms with Crippen LogP contribution in [0, 0.1) is 0 Å². The minimum absolute atomic E-state index is 0.694. The monoisotopic (exact) mass is 314 g/mol. The zero-order valence-corrected chi connectivity index (χ0v) is 13.4. The van der Waals surface area contributed by atoms with Crippen molar-refractivity contribution in [3.8, 4) is 16.9 Å². The lowest BCUT2D eigenvalue weighted by Crippen LogP contribution is -2.10. The molecule has 0 fully saturated rings. The summed E-state index contributed by atoms with van der Waals surface area (Å²) in [6, 6.07) is 26.8. The summed E-state index contributed by atoms with van der Waals surface area (Å²) >= 11 is 0. The third-order valence-electron chi connectivity index (χ3n) is 4.25. The van der Waals surface area contributed by atoms with Crippen molar-refractivity contribution in [2.45, 2.75) is 13.2 Å². The molecule has 24 heavy (non-hydrogen) atoms. The summed E-state index contributed by atoms with van der Waals surface area (Å²) in [6.07, 6.45) is -0.861. The lowest BCUT2D eigenvalue weighted by atomic mass is 9.93. The molecule has 2 heteroatoms. The van der Waals surface area contributed by atoms with Crippen LogP contribution in [0.1, 0.15) is 6.92 Å². The van der Waals surface area contributed by atoms with Crippen LogP contribution in [0.15, 0.2) is 78.9 Å². The van der Waals surface area contributed by atoms with Gasteiger partial charge in [0.2, 0.25) is 0 Å². The highest BCUT2D eigenvalue weighted by Gasteiger charge is 2.14. The Morgan fingerprint density at radius 2 is 1.33 bits per heavy atom. The second kappa shape index (κ2) is 5.99. The molecule has 0 spiro atoms. The second-order valence-electron chi connectivity index (χ2n) is 5.90.